The van der Waals surface area contributed by atoms with E-state index >= 15 is 0 Å². The molecule has 70 valence electrons. The van der Waals surface area contributed by atoms with Crippen LogP contribution in [0.1, 0.15) is 10.5 Å². The highest BCUT2D eigenvalue weighted by Crippen LogP contribution is 2.07. The van der Waals surface area contributed by atoms with Crippen molar-refractivity contribution < 1.29 is 14.3 Å². The van der Waals surface area contributed by atoms with Gasteiger partial charge in [0.1, 0.15) is 5.69 Å². The summed E-state index contributed by atoms with van der Waals surface area (Å²) in [6, 6.07) is 0. The second kappa shape index (κ2) is 3.57. The number of amides is 2. The lowest BCUT2D eigenvalue weighted by atomic mass is 10.4. The van der Waals surface area contributed by atoms with Crippen molar-refractivity contribution in [2.75, 3.05) is 12.4 Å². The Labute approximate surface area is 73.3 Å². The Kier molecular flexibility index (Phi) is 2.48. The highest BCUT2D eigenvalue weighted by Gasteiger charge is 2.13. The van der Waals surface area contributed by atoms with E-state index in [2.05, 4.69) is 20.0 Å². The highest BCUT2D eigenvalue weighted by molar-refractivity contribution is 5.98. The summed E-state index contributed by atoms with van der Waals surface area (Å²) < 4.78 is 4.30. The molecule has 0 aromatic carbocycles. The molecule has 0 saturated carbocycles. The van der Waals surface area contributed by atoms with Crippen LogP contribution in [0.15, 0.2) is 6.33 Å². The number of methoxy groups -OCH3 is 1. The van der Waals surface area contributed by atoms with Crippen LogP contribution in [-0.2, 0) is 4.74 Å². The fourth-order valence-electron chi connectivity index (χ4n) is 0.725. The summed E-state index contributed by atoms with van der Waals surface area (Å²) in [5.74, 6) is -0.650. The molecular weight excluding hydrogens is 176 g/mol. The van der Waals surface area contributed by atoms with Crippen molar-refractivity contribution in [1.82, 2.24) is 9.97 Å². The molecule has 0 spiro atoms. The summed E-state index contributed by atoms with van der Waals surface area (Å²) in [5.41, 5.74) is 5.01. The third-order valence-electron chi connectivity index (χ3n) is 1.29. The van der Waals surface area contributed by atoms with Gasteiger partial charge in [-0.15, -0.1) is 0 Å². The largest absolute Gasteiger partial charge is 0.453 e. The van der Waals surface area contributed by atoms with Gasteiger partial charge in [-0.3, -0.25) is 10.1 Å². The van der Waals surface area contributed by atoms with Crippen molar-refractivity contribution in [1.29, 1.82) is 0 Å². The summed E-state index contributed by atoms with van der Waals surface area (Å²) in [7, 11) is 1.20. The van der Waals surface area contributed by atoms with Crippen molar-refractivity contribution in [3.05, 3.63) is 12.0 Å². The molecule has 13 heavy (non-hydrogen) atoms. The highest BCUT2D eigenvalue weighted by atomic mass is 16.5. The average Bonchev–Trinajstić information content (AvgIpc) is 2.52. The van der Waals surface area contributed by atoms with E-state index in [9.17, 15) is 9.59 Å². The number of primary amides is 1. The van der Waals surface area contributed by atoms with E-state index in [1.807, 2.05) is 0 Å². The molecule has 7 nitrogen and oxygen atoms in total. The predicted molar refractivity (Wildman–Crippen MR) is 43.1 cm³/mol. The monoisotopic (exact) mass is 184 g/mol. The summed E-state index contributed by atoms with van der Waals surface area (Å²) >= 11 is 0. The average molecular weight is 184 g/mol. The van der Waals surface area contributed by atoms with Crippen LogP contribution in [0.3, 0.4) is 0 Å². The number of hydrogen-bond donors (Lipinski definition) is 3. The van der Waals surface area contributed by atoms with Gasteiger partial charge in [-0.2, -0.15) is 0 Å². The maximum Gasteiger partial charge on any atom is 0.412 e. The number of nitrogens with zero attached hydrogens (tertiary/aromatic N) is 1. The Balaban J connectivity index is 2.82. The molecule has 1 aromatic heterocycles. The van der Waals surface area contributed by atoms with Crippen LogP contribution in [0.4, 0.5) is 10.6 Å². The number of nitrogens with one attached hydrogen (secondary N) is 2. The molecule has 0 radical (unpaired) electrons. The van der Waals surface area contributed by atoms with E-state index in [0.29, 0.717) is 0 Å². The Hall–Kier alpha value is -2.05. The zero-order chi connectivity index (χ0) is 9.84. The smallest absolute Gasteiger partial charge is 0.412 e. The van der Waals surface area contributed by atoms with Gasteiger partial charge in [-0.1, -0.05) is 0 Å². The van der Waals surface area contributed by atoms with Gasteiger partial charge in [0.05, 0.1) is 13.4 Å². The van der Waals surface area contributed by atoms with Crippen LogP contribution in [0.25, 0.3) is 0 Å². The van der Waals surface area contributed by atoms with Crippen molar-refractivity contribution >= 4 is 17.8 Å². The number of nitrogens with two attached hydrogens (primary N) is 1. The van der Waals surface area contributed by atoms with Gasteiger partial charge in [0, 0.05) is 0 Å². The zero-order valence-corrected chi connectivity index (χ0v) is 6.83. The molecule has 1 aromatic rings. The predicted octanol–water partition coefficient (Wildman–Crippen LogP) is -0.313. The maximum absolute atomic E-state index is 10.7. The van der Waals surface area contributed by atoms with Crippen molar-refractivity contribution in [2.24, 2.45) is 5.73 Å². The molecule has 1 rings (SSSR count). The fourth-order valence-corrected chi connectivity index (χ4v) is 0.725. The van der Waals surface area contributed by atoms with Gasteiger partial charge in [0.15, 0.2) is 5.82 Å². The quantitative estimate of drug-likeness (QED) is 0.585. The Morgan fingerprint density at radius 1 is 1.69 bits per heavy atom. The van der Waals surface area contributed by atoms with Crippen LogP contribution >= 0.6 is 0 Å². The molecule has 2 amide bonds. The number of ether oxygens (including phenoxy) is 1. The number of rotatable bonds is 2. The second-order valence-electron chi connectivity index (χ2n) is 2.11. The lowest BCUT2D eigenvalue weighted by Gasteiger charge is -2.00. The number of H-pyrrole nitrogens is 1. The van der Waals surface area contributed by atoms with E-state index in [0.717, 1.165) is 0 Å². The SMILES string of the molecule is COC(=O)Nc1nc[nH]c1C(N)=O. The van der Waals surface area contributed by atoms with E-state index in [1.54, 1.807) is 0 Å². The molecule has 0 bridgehead atoms. The van der Waals surface area contributed by atoms with Gasteiger partial charge in [0.2, 0.25) is 0 Å². The second-order valence-corrected chi connectivity index (χ2v) is 2.11. The third-order valence-corrected chi connectivity index (χ3v) is 1.29. The molecule has 0 aliphatic carbocycles. The molecule has 7 heteroatoms. The summed E-state index contributed by atoms with van der Waals surface area (Å²) in [6.07, 6.45) is 0.528. The number of carbonyl (C=O) groups is 2. The Morgan fingerprint density at radius 2 is 2.38 bits per heavy atom. The molecule has 0 unspecified atom stereocenters. The first-order chi connectivity index (χ1) is 6.15. The first kappa shape index (κ1) is 9.04. The summed E-state index contributed by atoms with van der Waals surface area (Å²) in [4.78, 5) is 27.6. The van der Waals surface area contributed by atoms with Crippen LogP contribution in [0, 0.1) is 0 Å². The topological polar surface area (TPSA) is 110 Å². The number of carbonyl (C=O) groups excluding carboxylic acids is 2. The summed E-state index contributed by atoms with van der Waals surface area (Å²) in [6.45, 7) is 0. The maximum atomic E-state index is 10.7. The fraction of sp³-hybridized carbons (Fsp3) is 0.167. The number of anilines is 1. The summed E-state index contributed by atoms with van der Waals surface area (Å²) in [5, 5.41) is 2.22. The minimum Gasteiger partial charge on any atom is -0.453 e. The van der Waals surface area contributed by atoms with Gasteiger partial charge >= 0.3 is 6.09 Å². The number of imidazole rings is 1. The molecule has 0 saturated heterocycles. The molecular formula is C6H8N4O3. The molecule has 0 aliphatic rings. The normalized spacial score (nSPS) is 9.31. The zero-order valence-electron chi connectivity index (χ0n) is 6.83. The molecule has 0 aliphatic heterocycles. The van der Waals surface area contributed by atoms with Crippen molar-refractivity contribution in [2.45, 2.75) is 0 Å². The standard InChI is InChI=1S/C6H8N4O3/c1-13-6(12)10-5-3(4(7)11)8-2-9-5/h2H,1H3,(H2,7,11)(H,8,9)(H,10,12). The van der Waals surface area contributed by atoms with Crippen molar-refractivity contribution in [3.8, 4) is 0 Å². The van der Waals surface area contributed by atoms with Gasteiger partial charge in [-0.25, -0.2) is 9.78 Å². The minimum absolute atomic E-state index is 0.0328. The third kappa shape index (κ3) is 1.95. The first-order valence-corrected chi connectivity index (χ1v) is 3.33. The van der Waals surface area contributed by atoms with Crippen LogP contribution in [-0.4, -0.2) is 29.1 Å². The van der Waals surface area contributed by atoms with Gasteiger partial charge in [-0.05, 0) is 0 Å². The first-order valence-electron chi connectivity index (χ1n) is 3.33. The number of hydrogen-bond acceptors (Lipinski definition) is 4. The Bertz CT molecular complexity index is 332. The van der Waals surface area contributed by atoms with E-state index in [4.69, 9.17) is 5.73 Å². The van der Waals surface area contributed by atoms with Crippen LogP contribution in [0.2, 0.25) is 0 Å². The van der Waals surface area contributed by atoms with E-state index < -0.39 is 12.0 Å². The molecule has 1 heterocycles. The van der Waals surface area contributed by atoms with Crippen LogP contribution in [0.5, 0.6) is 0 Å². The minimum atomic E-state index is -0.713. The van der Waals surface area contributed by atoms with Gasteiger partial charge in [0.25, 0.3) is 5.91 Å². The van der Waals surface area contributed by atoms with Crippen molar-refractivity contribution in [3.63, 3.8) is 0 Å². The molecule has 0 atom stereocenters. The van der Waals surface area contributed by atoms with E-state index in [-0.39, 0.29) is 11.5 Å². The lowest BCUT2D eigenvalue weighted by molar-refractivity contribution is 0.0997. The van der Waals surface area contributed by atoms with Gasteiger partial charge < -0.3 is 15.5 Å². The number of aromatic amines is 1. The molecule has 0 fully saturated rings. The Morgan fingerprint density at radius 3 is 2.92 bits per heavy atom. The van der Waals surface area contributed by atoms with E-state index in [1.165, 1.54) is 13.4 Å². The number of aromatic nitrogens is 2. The van der Waals surface area contributed by atoms with Crippen LogP contribution < -0.4 is 11.1 Å². The molecule has 4 N–H and O–H groups in total. The lowest BCUT2D eigenvalue weighted by Crippen LogP contribution is -2.18.